The molecule has 0 aliphatic rings. The molecule has 3 unspecified atom stereocenters. The van der Waals surface area contributed by atoms with Gasteiger partial charge in [0.05, 0.1) is 33.8 Å². The van der Waals surface area contributed by atoms with E-state index in [1.165, 1.54) is 193 Å². The molecule has 0 aliphatic heterocycles. The number of amides is 1. The number of unbranched alkanes of at least 4 members (excludes halogenated alkanes) is 35. The summed E-state index contributed by atoms with van der Waals surface area (Å²) < 4.78 is 30.8. The molecule has 482 valence electrons. The van der Waals surface area contributed by atoms with E-state index in [0.717, 1.165) is 83.5 Å². The van der Waals surface area contributed by atoms with E-state index in [0.29, 0.717) is 23.9 Å². The van der Waals surface area contributed by atoms with Gasteiger partial charge in [-0.15, -0.1) is 0 Å². The molecule has 0 bridgehead atoms. The van der Waals surface area contributed by atoms with Crippen LogP contribution in [0.4, 0.5) is 0 Å². The number of rotatable bonds is 63. The first-order valence-electron chi connectivity index (χ1n) is 34.9. The average molecular weight is 1180 g/mol. The summed E-state index contributed by atoms with van der Waals surface area (Å²) >= 11 is 0. The first-order valence-corrected chi connectivity index (χ1v) is 36.4. The van der Waals surface area contributed by atoms with E-state index in [4.69, 9.17) is 13.8 Å². The van der Waals surface area contributed by atoms with Crippen molar-refractivity contribution < 1.29 is 37.3 Å². The summed E-state index contributed by atoms with van der Waals surface area (Å²) in [5.41, 5.74) is 0. The Labute approximate surface area is 514 Å². The minimum Gasteiger partial charge on any atom is -0.456 e. The number of nitrogens with zero attached hydrogens (tertiary/aromatic N) is 1. The topological polar surface area (TPSA) is 111 Å². The van der Waals surface area contributed by atoms with Crippen molar-refractivity contribution in [1.82, 2.24) is 5.32 Å². The molecule has 10 heteroatoms. The minimum absolute atomic E-state index is 0.0317. The van der Waals surface area contributed by atoms with Crippen molar-refractivity contribution >= 4 is 19.7 Å². The van der Waals surface area contributed by atoms with Crippen molar-refractivity contribution in [3.05, 3.63) is 85.1 Å². The number of phosphoric ester groups is 1. The second-order valence-electron chi connectivity index (χ2n) is 24.7. The van der Waals surface area contributed by atoms with Gasteiger partial charge in [-0.1, -0.05) is 280 Å². The standard InChI is InChI=1S/C73H133N2O7P/c1-7-10-13-16-19-22-25-27-29-31-33-34-35-36-37-38-39-40-42-44-46-48-51-54-57-60-63-66-73(77)82-71(64-61-58-55-52-49-24-21-18-15-12-9-3)70(69-81-83(78,79)80-68-67-75(4,5)6)74-72(76)65-62-59-56-53-50-47-45-43-41-32-30-28-26-23-20-17-14-11-8-2/h19-20,22-23,27-30,41,43,47,50,61,64,70-71H,7-18,21,24-26,31-40,42,44-46,48-49,51-60,62-63,65-69H2,1-6H3,(H-,74,76,78,79)/p+1/b22-19-,23-20-,29-27-,30-28-,43-41-,50-47-,64-61-. The van der Waals surface area contributed by atoms with Gasteiger partial charge in [-0.05, 0) is 109 Å². The van der Waals surface area contributed by atoms with Crippen molar-refractivity contribution in [3.63, 3.8) is 0 Å². The third kappa shape index (κ3) is 63.5. The number of ether oxygens (including phenoxy) is 1. The molecule has 1 amide bonds. The van der Waals surface area contributed by atoms with Gasteiger partial charge in [0.15, 0.2) is 0 Å². The molecular weight excluding hydrogens is 1050 g/mol. The molecule has 0 fully saturated rings. The SMILES string of the molecule is CCCCC/C=C\C/C=C\C/C=C\C/C=C\CCCCCC(=O)NC(COP(=O)(O)OCC[N+](C)(C)C)C(/C=C\CCCCCCCCCCC)OC(=O)CCCCCCCCCCCCCCCCCCC/C=C\C/C=C\CCCCC. The Hall–Kier alpha value is -2.81. The number of carbonyl (C=O) groups is 2. The van der Waals surface area contributed by atoms with E-state index in [1.54, 1.807) is 0 Å². The lowest BCUT2D eigenvalue weighted by Crippen LogP contribution is -2.47. The zero-order valence-electron chi connectivity index (χ0n) is 55.2. The van der Waals surface area contributed by atoms with Crippen molar-refractivity contribution in [2.24, 2.45) is 0 Å². The summed E-state index contributed by atoms with van der Waals surface area (Å²) in [6.45, 7) is 6.95. The summed E-state index contributed by atoms with van der Waals surface area (Å²) in [6, 6.07) is -0.868. The van der Waals surface area contributed by atoms with Crippen LogP contribution >= 0.6 is 7.82 Å². The Morgan fingerprint density at radius 3 is 1.13 bits per heavy atom. The van der Waals surface area contributed by atoms with E-state index >= 15 is 0 Å². The Bertz CT molecular complexity index is 1700. The molecule has 0 radical (unpaired) electrons. The van der Waals surface area contributed by atoms with Gasteiger partial charge in [0.2, 0.25) is 5.91 Å². The zero-order valence-corrected chi connectivity index (χ0v) is 56.1. The van der Waals surface area contributed by atoms with Crippen molar-refractivity contribution in [3.8, 4) is 0 Å². The lowest BCUT2D eigenvalue weighted by molar-refractivity contribution is -0.870. The summed E-state index contributed by atoms with van der Waals surface area (Å²) in [7, 11) is 1.47. The predicted molar refractivity (Wildman–Crippen MR) is 360 cm³/mol. The van der Waals surface area contributed by atoms with E-state index in [1.807, 2.05) is 33.3 Å². The van der Waals surface area contributed by atoms with Crippen LogP contribution in [0.15, 0.2) is 85.1 Å². The van der Waals surface area contributed by atoms with Gasteiger partial charge < -0.3 is 19.4 Å². The van der Waals surface area contributed by atoms with Crippen LogP contribution in [0.3, 0.4) is 0 Å². The average Bonchev–Trinajstić information content (AvgIpc) is 3.52. The molecule has 0 saturated heterocycles. The van der Waals surface area contributed by atoms with Gasteiger partial charge in [-0.2, -0.15) is 0 Å². The second kappa shape index (κ2) is 62.2. The van der Waals surface area contributed by atoms with Crippen molar-refractivity contribution in [2.75, 3.05) is 40.9 Å². The van der Waals surface area contributed by atoms with Crippen LogP contribution in [0, 0.1) is 0 Å². The number of allylic oxidation sites excluding steroid dienone is 13. The van der Waals surface area contributed by atoms with Crippen LogP contribution in [-0.2, 0) is 27.9 Å². The number of esters is 1. The Balaban J connectivity index is 5.04. The van der Waals surface area contributed by atoms with Crippen LogP contribution in [0.5, 0.6) is 0 Å². The van der Waals surface area contributed by atoms with Gasteiger partial charge in [0.1, 0.15) is 19.3 Å². The Kier molecular flexibility index (Phi) is 60.1. The zero-order chi connectivity index (χ0) is 60.7. The number of hydrogen-bond donors (Lipinski definition) is 2. The number of likely N-dealkylation sites (N-methyl/N-ethyl adjacent to an activating group) is 1. The highest BCUT2D eigenvalue weighted by Gasteiger charge is 2.30. The molecule has 83 heavy (non-hydrogen) atoms. The van der Waals surface area contributed by atoms with E-state index in [2.05, 4.69) is 99.0 Å². The van der Waals surface area contributed by atoms with Gasteiger partial charge >= 0.3 is 13.8 Å². The molecule has 0 aliphatic carbocycles. The Morgan fingerprint density at radius 2 is 0.735 bits per heavy atom. The number of hydrogen-bond acceptors (Lipinski definition) is 6. The normalized spacial score (nSPS) is 14.1. The number of carbonyl (C=O) groups excluding carboxylic acids is 2. The molecule has 0 aromatic rings. The third-order valence-electron chi connectivity index (χ3n) is 15.3. The summed E-state index contributed by atoms with van der Waals surface area (Å²) in [5, 5.41) is 3.05. The lowest BCUT2D eigenvalue weighted by atomic mass is 10.0. The molecular formula is C73H134N2O7P+. The molecule has 3 atom stereocenters. The summed E-state index contributed by atoms with van der Waals surface area (Å²) in [6.07, 6.45) is 83.2. The van der Waals surface area contributed by atoms with Crippen molar-refractivity contribution in [2.45, 2.75) is 328 Å². The van der Waals surface area contributed by atoms with E-state index in [-0.39, 0.29) is 31.5 Å². The molecule has 0 heterocycles. The molecule has 0 rings (SSSR count). The van der Waals surface area contributed by atoms with E-state index in [9.17, 15) is 19.0 Å². The molecule has 0 saturated carbocycles. The number of quaternary nitrogens is 1. The third-order valence-corrected chi connectivity index (χ3v) is 16.3. The molecule has 2 N–H and O–H groups in total. The number of phosphoric acid groups is 1. The van der Waals surface area contributed by atoms with E-state index < -0.39 is 20.0 Å². The van der Waals surface area contributed by atoms with Crippen LogP contribution < -0.4 is 5.32 Å². The highest BCUT2D eigenvalue weighted by atomic mass is 31.2. The highest BCUT2D eigenvalue weighted by Crippen LogP contribution is 2.43. The summed E-state index contributed by atoms with van der Waals surface area (Å²) in [5.74, 6) is -0.535. The smallest absolute Gasteiger partial charge is 0.456 e. The van der Waals surface area contributed by atoms with Gasteiger partial charge in [-0.25, -0.2) is 4.57 Å². The largest absolute Gasteiger partial charge is 0.472 e. The fourth-order valence-electron chi connectivity index (χ4n) is 9.90. The highest BCUT2D eigenvalue weighted by molar-refractivity contribution is 7.47. The van der Waals surface area contributed by atoms with Crippen LogP contribution in [-0.4, -0.2) is 74.3 Å². The van der Waals surface area contributed by atoms with Gasteiger partial charge in [-0.3, -0.25) is 18.6 Å². The maximum absolute atomic E-state index is 13.6. The fraction of sp³-hybridized carbons (Fsp3) is 0.781. The van der Waals surface area contributed by atoms with Crippen molar-refractivity contribution in [1.29, 1.82) is 0 Å². The molecule has 0 aromatic heterocycles. The minimum atomic E-state index is -4.46. The maximum atomic E-state index is 13.6. The quantitative estimate of drug-likeness (QED) is 0.0205. The molecule has 0 spiro atoms. The summed E-state index contributed by atoms with van der Waals surface area (Å²) in [4.78, 5) is 37.8. The maximum Gasteiger partial charge on any atom is 0.472 e. The monoisotopic (exact) mass is 1180 g/mol. The lowest BCUT2D eigenvalue weighted by Gasteiger charge is -2.27. The van der Waals surface area contributed by atoms with Crippen LogP contribution in [0.1, 0.15) is 316 Å². The fourth-order valence-corrected chi connectivity index (χ4v) is 10.6. The molecule has 0 aromatic carbocycles. The van der Waals surface area contributed by atoms with Crippen LogP contribution in [0.25, 0.3) is 0 Å². The van der Waals surface area contributed by atoms with Gasteiger partial charge in [0.25, 0.3) is 0 Å². The number of nitrogens with one attached hydrogen (secondary N) is 1. The van der Waals surface area contributed by atoms with Gasteiger partial charge in [0, 0.05) is 12.8 Å². The molecule has 9 nitrogen and oxygen atoms in total. The Morgan fingerprint density at radius 1 is 0.422 bits per heavy atom. The second-order valence-corrected chi connectivity index (χ2v) is 26.1. The first-order chi connectivity index (χ1) is 40.4. The van der Waals surface area contributed by atoms with Crippen LogP contribution in [0.2, 0.25) is 0 Å². The first kappa shape index (κ1) is 80.2. The predicted octanol–water partition coefficient (Wildman–Crippen LogP) is 22.1.